The normalized spacial score (nSPS) is 16.3. The Labute approximate surface area is 131 Å². The van der Waals surface area contributed by atoms with Crippen LogP contribution in [0.3, 0.4) is 0 Å². The van der Waals surface area contributed by atoms with Gasteiger partial charge < -0.3 is 4.90 Å². The molecule has 7 heteroatoms. The van der Waals surface area contributed by atoms with E-state index < -0.39 is 0 Å². The summed E-state index contributed by atoms with van der Waals surface area (Å²) in [5.74, 6) is 0.531. The zero-order chi connectivity index (χ0) is 14.9. The summed E-state index contributed by atoms with van der Waals surface area (Å²) >= 11 is 1.59. The van der Waals surface area contributed by atoms with Gasteiger partial charge in [0.05, 0.1) is 0 Å². The number of carbonyl (C=O) groups excluding carboxylic acids is 1. The van der Waals surface area contributed by atoms with Crippen molar-refractivity contribution in [3.05, 3.63) is 47.2 Å². The highest BCUT2D eigenvalue weighted by Crippen LogP contribution is 2.31. The van der Waals surface area contributed by atoms with E-state index in [1.54, 1.807) is 22.2 Å². The molecule has 4 rings (SSSR count). The molecule has 0 unspecified atom stereocenters. The van der Waals surface area contributed by atoms with Crippen LogP contribution in [0.25, 0.3) is 4.96 Å². The molecule has 1 fully saturated rings. The number of likely N-dealkylation sites (tertiary alicyclic amines) is 1. The van der Waals surface area contributed by atoms with E-state index in [2.05, 4.69) is 15.3 Å². The van der Waals surface area contributed by atoms with E-state index >= 15 is 0 Å². The summed E-state index contributed by atoms with van der Waals surface area (Å²) in [6.07, 6.45) is 3.52. The first-order valence-corrected chi connectivity index (χ1v) is 8.14. The van der Waals surface area contributed by atoms with E-state index in [1.807, 2.05) is 35.2 Å². The van der Waals surface area contributed by atoms with Crippen molar-refractivity contribution in [1.29, 1.82) is 0 Å². The molecule has 0 aliphatic carbocycles. The average molecular weight is 313 g/mol. The Bertz CT molecular complexity index is 760. The van der Waals surface area contributed by atoms with Gasteiger partial charge in [0.25, 0.3) is 5.91 Å². The molecule has 1 aromatic carbocycles. The summed E-state index contributed by atoms with van der Waals surface area (Å²) in [4.78, 5) is 15.2. The molecule has 1 amide bonds. The minimum Gasteiger partial charge on any atom is -0.339 e. The van der Waals surface area contributed by atoms with Gasteiger partial charge in [-0.2, -0.15) is 9.61 Å². The van der Waals surface area contributed by atoms with Gasteiger partial charge in [-0.25, -0.2) is 0 Å². The first-order chi connectivity index (χ1) is 10.8. The van der Waals surface area contributed by atoms with Crippen LogP contribution in [0.15, 0.2) is 36.7 Å². The summed E-state index contributed by atoms with van der Waals surface area (Å²) in [5, 5.41) is 13.5. The van der Waals surface area contributed by atoms with Gasteiger partial charge in [-0.1, -0.05) is 29.5 Å². The lowest BCUT2D eigenvalue weighted by molar-refractivity contribution is 0.0713. The van der Waals surface area contributed by atoms with Crippen LogP contribution in [0, 0.1) is 0 Å². The standard InChI is InChI=1S/C15H15N5OS/c21-14(12-4-2-1-3-5-12)19-8-6-11(7-9-19)13-18-20-10-16-17-15(20)22-13/h1-5,10-11H,6-9H2. The molecule has 1 saturated heterocycles. The third kappa shape index (κ3) is 2.37. The van der Waals surface area contributed by atoms with Gasteiger partial charge in [-0.3, -0.25) is 4.79 Å². The summed E-state index contributed by atoms with van der Waals surface area (Å²) in [5.41, 5.74) is 0.764. The minimum atomic E-state index is 0.122. The number of hydrogen-bond acceptors (Lipinski definition) is 5. The molecule has 1 aliphatic heterocycles. The monoisotopic (exact) mass is 313 g/mol. The Balaban J connectivity index is 1.44. The lowest BCUT2D eigenvalue weighted by atomic mass is 9.97. The van der Waals surface area contributed by atoms with Crippen molar-refractivity contribution >= 4 is 22.2 Å². The number of rotatable bonds is 2. The maximum atomic E-state index is 12.4. The van der Waals surface area contributed by atoms with Gasteiger partial charge in [0.1, 0.15) is 11.3 Å². The molecule has 1 aliphatic rings. The second-order valence-electron chi connectivity index (χ2n) is 5.43. The van der Waals surface area contributed by atoms with Crippen molar-refractivity contribution < 1.29 is 4.79 Å². The fraction of sp³-hybridized carbons (Fsp3) is 0.333. The zero-order valence-corrected chi connectivity index (χ0v) is 12.7. The van der Waals surface area contributed by atoms with Gasteiger partial charge in [0.15, 0.2) is 0 Å². The fourth-order valence-corrected chi connectivity index (χ4v) is 3.82. The van der Waals surface area contributed by atoms with Crippen LogP contribution >= 0.6 is 11.3 Å². The molecule has 0 radical (unpaired) electrons. The van der Waals surface area contributed by atoms with Gasteiger partial charge in [-0.15, -0.1) is 10.2 Å². The lowest BCUT2D eigenvalue weighted by Crippen LogP contribution is -2.37. The Morgan fingerprint density at radius 2 is 1.95 bits per heavy atom. The summed E-state index contributed by atoms with van der Waals surface area (Å²) in [7, 11) is 0. The Morgan fingerprint density at radius 1 is 1.18 bits per heavy atom. The van der Waals surface area contributed by atoms with E-state index in [0.717, 1.165) is 41.5 Å². The van der Waals surface area contributed by atoms with Crippen LogP contribution in [0.1, 0.15) is 34.1 Å². The van der Waals surface area contributed by atoms with Crippen molar-refractivity contribution in [2.75, 3.05) is 13.1 Å². The number of nitrogens with zero attached hydrogens (tertiary/aromatic N) is 5. The zero-order valence-electron chi connectivity index (χ0n) is 11.9. The molecule has 3 aromatic rings. The predicted octanol–water partition coefficient (Wildman–Crippen LogP) is 2.21. The fourth-order valence-electron chi connectivity index (χ4n) is 2.83. The molecule has 0 atom stereocenters. The molecule has 0 spiro atoms. The second-order valence-corrected chi connectivity index (χ2v) is 6.42. The summed E-state index contributed by atoms with van der Waals surface area (Å²) in [6.45, 7) is 1.55. The minimum absolute atomic E-state index is 0.122. The van der Waals surface area contributed by atoms with E-state index in [1.165, 1.54) is 0 Å². The smallest absolute Gasteiger partial charge is 0.253 e. The van der Waals surface area contributed by atoms with Crippen molar-refractivity contribution in [3.63, 3.8) is 0 Å². The first-order valence-electron chi connectivity index (χ1n) is 7.32. The molecule has 112 valence electrons. The van der Waals surface area contributed by atoms with Crippen LogP contribution in [-0.2, 0) is 0 Å². The Kier molecular flexibility index (Phi) is 3.34. The van der Waals surface area contributed by atoms with Crippen molar-refractivity contribution in [1.82, 2.24) is 24.7 Å². The lowest BCUT2D eigenvalue weighted by Gasteiger charge is -2.31. The highest BCUT2D eigenvalue weighted by atomic mass is 32.1. The molecular weight excluding hydrogens is 298 g/mol. The Hall–Kier alpha value is -2.28. The molecule has 22 heavy (non-hydrogen) atoms. The predicted molar refractivity (Wildman–Crippen MR) is 83.0 cm³/mol. The maximum absolute atomic E-state index is 12.4. The molecule has 0 N–H and O–H groups in total. The quantitative estimate of drug-likeness (QED) is 0.727. The highest BCUT2D eigenvalue weighted by Gasteiger charge is 2.26. The third-order valence-electron chi connectivity index (χ3n) is 4.05. The van der Waals surface area contributed by atoms with Crippen LogP contribution in [0.2, 0.25) is 0 Å². The van der Waals surface area contributed by atoms with Crippen molar-refractivity contribution in [3.8, 4) is 0 Å². The van der Waals surface area contributed by atoms with E-state index in [9.17, 15) is 4.79 Å². The second kappa shape index (κ2) is 5.49. The summed E-state index contributed by atoms with van der Waals surface area (Å²) < 4.78 is 1.72. The number of piperidine rings is 1. The highest BCUT2D eigenvalue weighted by molar-refractivity contribution is 7.16. The number of benzene rings is 1. The molecule has 0 bridgehead atoms. The SMILES string of the molecule is O=C(c1ccccc1)N1CCC(c2nn3cnnc3s2)CC1. The van der Waals surface area contributed by atoms with Crippen LogP contribution < -0.4 is 0 Å². The largest absolute Gasteiger partial charge is 0.339 e. The van der Waals surface area contributed by atoms with E-state index in [4.69, 9.17) is 0 Å². The molecule has 6 nitrogen and oxygen atoms in total. The van der Waals surface area contributed by atoms with Gasteiger partial charge in [0, 0.05) is 24.6 Å². The molecular formula is C15H15N5OS. The van der Waals surface area contributed by atoms with Crippen LogP contribution in [-0.4, -0.2) is 43.7 Å². The van der Waals surface area contributed by atoms with Gasteiger partial charge >= 0.3 is 0 Å². The number of carbonyl (C=O) groups is 1. The Morgan fingerprint density at radius 3 is 2.68 bits per heavy atom. The number of amides is 1. The van der Waals surface area contributed by atoms with E-state index in [-0.39, 0.29) is 5.91 Å². The number of aromatic nitrogens is 4. The number of fused-ring (bicyclic) bond motifs is 1. The number of hydrogen-bond donors (Lipinski definition) is 0. The van der Waals surface area contributed by atoms with Gasteiger partial charge in [-0.05, 0) is 25.0 Å². The van der Waals surface area contributed by atoms with Crippen molar-refractivity contribution in [2.24, 2.45) is 0 Å². The van der Waals surface area contributed by atoms with Crippen LogP contribution in [0.5, 0.6) is 0 Å². The van der Waals surface area contributed by atoms with E-state index in [0.29, 0.717) is 5.92 Å². The van der Waals surface area contributed by atoms with Crippen molar-refractivity contribution in [2.45, 2.75) is 18.8 Å². The first kappa shape index (κ1) is 13.4. The van der Waals surface area contributed by atoms with Crippen LogP contribution in [0.4, 0.5) is 0 Å². The molecule has 0 saturated carbocycles. The average Bonchev–Trinajstić information content (AvgIpc) is 3.17. The topological polar surface area (TPSA) is 63.4 Å². The molecule has 3 heterocycles. The maximum Gasteiger partial charge on any atom is 0.253 e. The summed E-state index contributed by atoms with van der Waals surface area (Å²) in [6, 6.07) is 9.48. The molecule has 2 aromatic heterocycles. The van der Waals surface area contributed by atoms with Gasteiger partial charge in [0.2, 0.25) is 4.96 Å². The third-order valence-corrected chi connectivity index (χ3v) is 5.13.